The minimum atomic E-state index is 0.354. The molecule has 0 heterocycles. The fraction of sp³-hybridized carbons (Fsp3) is 0.333. The molecule has 0 spiro atoms. The number of rotatable bonds is 3. The first kappa shape index (κ1) is 10.1. The number of halogens is 1. The predicted molar refractivity (Wildman–Crippen MR) is 47.0 cm³/mol. The normalized spacial score (nSPS) is 8.73. The number of allylic oxidation sites excluding steroid dienone is 1. The second-order valence-electron chi connectivity index (χ2n) is 1.62. The number of ether oxygens (including phenoxy) is 1. The fourth-order valence-corrected chi connectivity index (χ4v) is 0.480. The summed E-state index contributed by atoms with van der Waals surface area (Å²) < 4.78 is 4.97. The van der Waals surface area contributed by atoms with Crippen molar-refractivity contribution in [2.24, 2.45) is 0 Å². The first-order valence-electron chi connectivity index (χ1n) is 3.16. The lowest BCUT2D eigenvalue weighted by Crippen LogP contribution is -1.92. The van der Waals surface area contributed by atoms with E-state index < -0.39 is 0 Å². The minimum absolute atomic E-state index is 0.354. The third-order valence-corrected chi connectivity index (χ3v) is 0.931. The highest BCUT2D eigenvalue weighted by atomic mass is 35.5. The summed E-state index contributed by atoms with van der Waals surface area (Å²) in [5.74, 6) is 7.91. The molecule has 0 aromatic carbocycles. The molecule has 0 saturated heterocycles. The molecule has 0 fully saturated rings. The van der Waals surface area contributed by atoms with E-state index in [1.165, 1.54) is 5.54 Å². The summed E-state index contributed by atoms with van der Waals surface area (Å²) in [6.45, 7) is 0.931. The number of terminal acetylenes is 1. The van der Waals surface area contributed by atoms with E-state index in [9.17, 15) is 0 Å². The molecule has 0 aliphatic rings. The lowest BCUT2D eigenvalue weighted by molar-refractivity contribution is 0.174. The molecule has 0 bridgehead atoms. The topological polar surface area (TPSA) is 9.23 Å². The van der Waals surface area contributed by atoms with Crippen LogP contribution in [0, 0.1) is 24.2 Å². The van der Waals surface area contributed by atoms with Crippen LogP contribution in [0.25, 0.3) is 0 Å². The summed E-state index contributed by atoms with van der Waals surface area (Å²) in [6.07, 6.45) is 7.21. The van der Waals surface area contributed by atoms with Crippen LogP contribution in [0.2, 0.25) is 0 Å². The fourth-order valence-electron chi connectivity index (χ4n) is 0.417. The highest BCUT2D eigenvalue weighted by molar-refractivity contribution is 6.25. The van der Waals surface area contributed by atoms with Crippen LogP contribution >= 0.6 is 11.6 Å². The molecule has 0 saturated carbocycles. The van der Waals surface area contributed by atoms with Gasteiger partial charge in [-0.2, -0.15) is 0 Å². The first-order chi connectivity index (χ1) is 5.41. The van der Waals surface area contributed by atoms with Crippen molar-refractivity contribution in [1.29, 1.82) is 0 Å². The molecule has 0 amide bonds. The van der Waals surface area contributed by atoms with E-state index in [1.807, 2.05) is 0 Å². The van der Waals surface area contributed by atoms with Gasteiger partial charge in [-0.05, 0) is 6.08 Å². The highest BCUT2D eigenvalue weighted by Crippen LogP contribution is 1.80. The molecule has 0 radical (unpaired) electrons. The van der Waals surface area contributed by atoms with Crippen LogP contribution in [-0.2, 0) is 4.74 Å². The van der Waals surface area contributed by atoms with E-state index in [2.05, 4.69) is 17.8 Å². The average molecular weight is 169 g/mol. The van der Waals surface area contributed by atoms with Crippen LogP contribution < -0.4 is 0 Å². The average Bonchev–Trinajstić information content (AvgIpc) is 2.03. The number of hydrogen-bond donors (Lipinski definition) is 0. The van der Waals surface area contributed by atoms with Gasteiger partial charge < -0.3 is 4.74 Å². The van der Waals surface area contributed by atoms with E-state index in [0.29, 0.717) is 19.6 Å². The summed E-state index contributed by atoms with van der Waals surface area (Å²) in [7, 11) is 0. The van der Waals surface area contributed by atoms with Gasteiger partial charge in [-0.1, -0.05) is 29.4 Å². The summed E-state index contributed by atoms with van der Waals surface area (Å²) in [6, 6.07) is 0. The monoisotopic (exact) mass is 168 g/mol. The third-order valence-electron chi connectivity index (χ3n) is 0.805. The maximum atomic E-state index is 5.22. The predicted octanol–water partition coefficient (Wildman–Crippen LogP) is 1.78. The van der Waals surface area contributed by atoms with Crippen LogP contribution in [-0.4, -0.2) is 13.2 Å². The molecule has 11 heavy (non-hydrogen) atoms. The molecule has 58 valence electrons. The number of hydrogen-bond acceptors (Lipinski definition) is 1. The van der Waals surface area contributed by atoms with Crippen molar-refractivity contribution >= 4 is 11.6 Å². The van der Waals surface area contributed by atoms with Crippen molar-refractivity contribution in [3.63, 3.8) is 0 Å². The van der Waals surface area contributed by atoms with Gasteiger partial charge in [-0.15, -0.1) is 6.42 Å². The van der Waals surface area contributed by atoms with Gasteiger partial charge in [-0.3, -0.25) is 0 Å². The Morgan fingerprint density at radius 2 is 2.36 bits per heavy atom. The molecule has 1 nitrogen and oxygen atoms in total. The zero-order valence-electron chi connectivity index (χ0n) is 6.14. The Bertz CT molecular complexity index is 202. The Balaban J connectivity index is 3.17. The summed E-state index contributed by atoms with van der Waals surface area (Å²) >= 11 is 5.22. The second-order valence-corrected chi connectivity index (χ2v) is 1.87. The molecule has 2 heteroatoms. The lowest BCUT2D eigenvalue weighted by Gasteiger charge is -1.91. The van der Waals surface area contributed by atoms with Crippen molar-refractivity contribution < 1.29 is 4.74 Å². The van der Waals surface area contributed by atoms with Gasteiger partial charge in [0, 0.05) is 12.0 Å². The zero-order chi connectivity index (χ0) is 8.36. The van der Waals surface area contributed by atoms with Gasteiger partial charge in [0.25, 0.3) is 0 Å². The van der Waals surface area contributed by atoms with Crippen molar-refractivity contribution in [1.82, 2.24) is 0 Å². The van der Waals surface area contributed by atoms with Crippen molar-refractivity contribution in [3.05, 3.63) is 11.6 Å². The van der Waals surface area contributed by atoms with Gasteiger partial charge >= 0.3 is 0 Å². The molecular formula is C9H9ClO. The van der Waals surface area contributed by atoms with Crippen LogP contribution in [0.3, 0.4) is 0 Å². The lowest BCUT2D eigenvalue weighted by atomic mass is 10.4. The van der Waals surface area contributed by atoms with E-state index in [-0.39, 0.29) is 0 Å². The Morgan fingerprint density at radius 3 is 3.00 bits per heavy atom. The van der Waals surface area contributed by atoms with Crippen LogP contribution in [0.15, 0.2) is 11.6 Å². The van der Waals surface area contributed by atoms with Crippen molar-refractivity contribution in [3.8, 4) is 24.2 Å². The maximum Gasteiger partial charge on any atom is 0.107 e. The maximum absolute atomic E-state index is 5.22. The third kappa shape index (κ3) is 9.11. The molecule has 0 atom stereocenters. The van der Waals surface area contributed by atoms with E-state index in [0.717, 1.165) is 0 Å². The molecule has 0 aromatic heterocycles. The summed E-state index contributed by atoms with van der Waals surface area (Å²) in [5.41, 5.74) is 1.37. The quantitative estimate of drug-likeness (QED) is 0.461. The van der Waals surface area contributed by atoms with Crippen LogP contribution in [0.1, 0.15) is 6.42 Å². The highest BCUT2D eigenvalue weighted by Gasteiger charge is 1.78. The molecule has 0 aromatic rings. The van der Waals surface area contributed by atoms with Gasteiger partial charge in [0.15, 0.2) is 0 Å². The standard InChI is InChI=1S/C9H9ClO/c1-2-8-11-9-6-4-3-5-7-10/h1,5,7H,6,8-9H2/b7-5+. The van der Waals surface area contributed by atoms with Gasteiger partial charge in [0.1, 0.15) is 6.61 Å². The molecule has 0 aliphatic carbocycles. The minimum Gasteiger partial charge on any atom is -0.368 e. The SMILES string of the molecule is C#CCOCCC#C/C=C/Cl. The van der Waals surface area contributed by atoms with Gasteiger partial charge in [0.05, 0.1) is 6.61 Å². The Hall–Kier alpha value is -0.890. The Labute approximate surface area is 72.4 Å². The van der Waals surface area contributed by atoms with Crippen LogP contribution in [0.5, 0.6) is 0 Å². The first-order valence-corrected chi connectivity index (χ1v) is 3.60. The van der Waals surface area contributed by atoms with Crippen LogP contribution in [0.4, 0.5) is 0 Å². The molecular weight excluding hydrogens is 160 g/mol. The van der Waals surface area contributed by atoms with Crippen molar-refractivity contribution in [2.75, 3.05) is 13.2 Å². The zero-order valence-corrected chi connectivity index (χ0v) is 6.90. The van der Waals surface area contributed by atoms with E-state index in [1.54, 1.807) is 6.08 Å². The summed E-state index contributed by atoms with van der Waals surface area (Å²) in [5, 5.41) is 0. The van der Waals surface area contributed by atoms with Gasteiger partial charge in [-0.25, -0.2) is 0 Å². The molecule has 0 unspecified atom stereocenters. The van der Waals surface area contributed by atoms with Gasteiger partial charge in [0.2, 0.25) is 0 Å². The molecule has 0 aliphatic heterocycles. The largest absolute Gasteiger partial charge is 0.368 e. The Kier molecular flexibility index (Phi) is 8.37. The molecule has 0 N–H and O–H groups in total. The smallest absolute Gasteiger partial charge is 0.107 e. The molecule has 0 rings (SSSR count). The van der Waals surface area contributed by atoms with Crippen molar-refractivity contribution in [2.45, 2.75) is 6.42 Å². The summed E-state index contributed by atoms with van der Waals surface area (Å²) in [4.78, 5) is 0. The Morgan fingerprint density at radius 1 is 1.55 bits per heavy atom. The second kappa shape index (κ2) is 9.11. The van der Waals surface area contributed by atoms with E-state index in [4.69, 9.17) is 22.8 Å². The van der Waals surface area contributed by atoms with E-state index >= 15 is 0 Å².